The van der Waals surface area contributed by atoms with Crippen LogP contribution in [0.3, 0.4) is 0 Å². The summed E-state index contributed by atoms with van der Waals surface area (Å²) < 4.78 is 0. The largest absolute Gasteiger partial charge is 0.314 e. The van der Waals surface area contributed by atoms with Gasteiger partial charge in [-0.05, 0) is 44.7 Å². The molecule has 1 atom stereocenters. The van der Waals surface area contributed by atoms with Crippen LogP contribution in [0.25, 0.3) is 0 Å². The van der Waals surface area contributed by atoms with Crippen molar-refractivity contribution in [2.75, 3.05) is 6.54 Å². The number of aryl methyl sites for hydroxylation is 2. The molecule has 0 spiro atoms. The van der Waals surface area contributed by atoms with E-state index in [1.54, 1.807) is 0 Å². The van der Waals surface area contributed by atoms with Gasteiger partial charge in [0.05, 0.1) is 0 Å². The maximum absolute atomic E-state index is 3.72. The molecule has 1 aromatic rings. The Labute approximate surface area is 125 Å². The van der Waals surface area contributed by atoms with Crippen molar-refractivity contribution < 1.29 is 0 Å². The van der Waals surface area contributed by atoms with E-state index in [0.717, 1.165) is 12.5 Å². The molecule has 1 unspecified atom stereocenters. The summed E-state index contributed by atoms with van der Waals surface area (Å²) in [6, 6.07) is 7.65. The molecule has 1 aromatic carbocycles. The third-order valence-corrected chi connectivity index (χ3v) is 4.60. The number of likely N-dealkylation sites (N-methyl/N-ethyl adjacent to an activating group) is 1. The lowest BCUT2D eigenvalue weighted by atomic mass is 9.83. The van der Waals surface area contributed by atoms with Crippen molar-refractivity contribution >= 4 is 0 Å². The fourth-order valence-electron chi connectivity index (χ4n) is 3.82. The van der Waals surface area contributed by atoms with E-state index < -0.39 is 0 Å². The van der Waals surface area contributed by atoms with Crippen molar-refractivity contribution in [2.45, 2.75) is 71.8 Å². The Morgan fingerprint density at radius 2 is 1.70 bits per heavy atom. The predicted molar refractivity (Wildman–Crippen MR) is 88.3 cm³/mol. The van der Waals surface area contributed by atoms with E-state index in [9.17, 15) is 0 Å². The zero-order chi connectivity index (χ0) is 14.4. The third-order valence-electron chi connectivity index (χ3n) is 4.60. The first-order valence-electron chi connectivity index (χ1n) is 8.48. The minimum absolute atomic E-state index is 0.657. The number of hydrogen-bond donors (Lipinski definition) is 1. The Bertz CT molecular complexity index is 384. The lowest BCUT2D eigenvalue weighted by Gasteiger charge is -2.27. The quantitative estimate of drug-likeness (QED) is 0.785. The molecule has 0 heterocycles. The van der Waals surface area contributed by atoms with Gasteiger partial charge >= 0.3 is 0 Å². The van der Waals surface area contributed by atoms with E-state index >= 15 is 0 Å². The van der Waals surface area contributed by atoms with E-state index in [-0.39, 0.29) is 0 Å². The summed E-state index contributed by atoms with van der Waals surface area (Å²) >= 11 is 0. The molecular formula is C19H31N. The first kappa shape index (κ1) is 15.6. The van der Waals surface area contributed by atoms with Crippen LogP contribution >= 0.6 is 0 Å². The van der Waals surface area contributed by atoms with Crippen LogP contribution in [0.15, 0.2) is 18.2 Å². The number of nitrogens with one attached hydrogen (secondary N) is 1. The molecule has 0 radical (unpaired) electrons. The highest BCUT2D eigenvalue weighted by Crippen LogP contribution is 2.28. The Morgan fingerprint density at radius 1 is 1.05 bits per heavy atom. The standard InChI is InChI=1S/C19H31N/c1-4-20-19(13-17-8-6-5-7-9-17)14-18-11-15(2)10-16(3)12-18/h10-12,17,19-20H,4-9,13-14H2,1-3H3. The van der Waals surface area contributed by atoms with Gasteiger partial charge in [0.25, 0.3) is 0 Å². The Kier molecular flexibility index (Phi) is 6.09. The second kappa shape index (κ2) is 7.83. The summed E-state index contributed by atoms with van der Waals surface area (Å²) in [4.78, 5) is 0. The summed E-state index contributed by atoms with van der Waals surface area (Å²) in [6.45, 7) is 7.73. The molecule has 1 heteroatoms. The molecule has 0 amide bonds. The van der Waals surface area contributed by atoms with Crippen LogP contribution in [0.1, 0.15) is 62.1 Å². The molecule has 1 nitrogen and oxygen atoms in total. The number of hydrogen-bond acceptors (Lipinski definition) is 1. The molecule has 2 rings (SSSR count). The van der Waals surface area contributed by atoms with Crippen molar-refractivity contribution in [3.8, 4) is 0 Å². The van der Waals surface area contributed by atoms with Crippen LogP contribution in [0.5, 0.6) is 0 Å². The molecule has 0 bridgehead atoms. The van der Waals surface area contributed by atoms with Gasteiger partial charge in [0.1, 0.15) is 0 Å². The molecule has 1 N–H and O–H groups in total. The average Bonchev–Trinajstić information content (AvgIpc) is 2.39. The second-order valence-corrected chi connectivity index (χ2v) is 6.69. The fraction of sp³-hybridized carbons (Fsp3) is 0.684. The highest BCUT2D eigenvalue weighted by atomic mass is 14.9. The fourth-order valence-corrected chi connectivity index (χ4v) is 3.82. The van der Waals surface area contributed by atoms with Crippen molar-refractivity contribution in [1.82, 2.24) is 5.32 Å². The van der Waals surface area contributed by atoms with Crippen molar-refractivity contribution in [2.24, 2.45) is 5.92 Å². The molecule has 0 saturated heterocycles. The molecule has 1 aliphatic rings. The highest BCUT2D eigenvalue weighted by Gasteiger charge is 2.18. The van der Waals surface area contributed by atoms with E-state index in [2.05, 4.69) is 44.3 Å². The first-order valence-corrected chi connectivity index (χ1v) is 8.48. The van der Waals surface area contributed by atoms with Crippen molar-refractivity contribution in [1.29, 1.82) is 0 Å². The molecular weight excluding hydrogens is 242 g/mol. The zero-order valence-corrected chi connectivity index (χ0v) is 13.5. The number of benzene rings is 1. The lowest BCUT2D eigenvalue weighted by molar-refractivity contribution is 0.298. The van der Waals surface area contributed by atoms with Gasteiger partial charge in [0, 0.05) is 6.04 Å². The number of rotatable bonds is 6. The van der Waals surface area contributed by atoms with Crippen LogP contribution in [-0.4, -0.2) is 12.6 Å². The Hall–Kier alpha value is -0.820. The van der Waals surface area contributed by atoms with E-state index in [4.69, 9.17) is 0 Å². The van der Waals surface area contributed by atoms with Gasteiger partial charge in [-0.25, -0.2) is 0 Å². The van der Waals surface area contributed by atoms with Gasteiger partial charge in [0.15, 0.2) is 0 Å². The minimum atomic E-state index is 0.657. The van der Waals surface area contributed by atoms with Crippen molar-refractivity contribution in [3.05, 3.63) is 34.9 Å². The summed E-state index contributed by atoms with van der Waals surface area (Å²) in [6.07, 6.45) is 9.82. The highest BCUT2D eigenvalue weighted by molar-refractivity contribution is 5.29. The minimum Gasteiger partial charge on any atom is -0.314 e. The van der Waals surface area contributed by atoms with Crippen molar-refractivity contribution in [3.63, 3.8) is 0 Å². The molecule has 112 valence electrons. The summed E-state index contributed by atoms with van der Waals surface area (Å²) in [5.74, 6) is 0.957. The van der Waals surface area contributed by atoms with Crippen LogP contribution in [-0.2, 0) is 6.42 Å². The smallest absolute Gasteiger partial charge is 0.0110 e. The summed E-state index contributed by atoms with van der Waals surface area (Å²) in [5, 5.41) is 3.72. The van der Waals surface area contributed by atoms with E-state index in [0.29, 0.717) is 6.04 Å². The van der Waals surface area contributed by atoms with Crippen LogP contribution in [0.2, 0.25) is 0 Å². The van der Waals surface area contributed by atoms with Crippen LogP contribution < -0.4 is 5.32 Å². The Morgan fingerprint density at radius 3 is 2.30 bits per heavy atom. The van der Waals surface area contributed by atoms with Gasteiger partial charge in [-0.2, -0.15) is 0 Å². The third kappa shape index (κ3) is 4.94. The SMILES string of the molecule is CCNC(Cc1cc(C)cc(C)c1)CC1CCCCC1. The molecule has 0 aromatic heterocycles. The molecule has 0 aliphatic heterocycles. The summed E-state index contributed by atoms with van der Waals surface area (Å²) in [7, 11) is 0. The Balaban J connectivity index is 1.96. The van der Waals surface area contributed by atoms with Crippen LogP contribution in [0.4, 0.5) is 0 Å². The van der Waals surface area contributed by atoms with Gasteiger partial charge in [-0.1, -0.05) is 68.4 Å². The maximum atomic E-state index is 3.72. The second-order valence-electron chi connectivity index (χ2n) is 6.69. The normalized spacial score (nSPS) is 18.1. The van der Waals surface area contributed by atoms with Gasteiger partial charge in [-0.3, -0.25) is 0 Å². The first-order chi connectivity index (χ1) is 9.67. The molecule has 1 saturated carbocycles. The topological polar surface area (TPSA) is 12.0 Å². The molecule has 1 aliphatic carbocycles. The maximum Gasteiger partial charge on any atom is 0.0110 e. The zero-order valence-electron chi connectivity index (χ0n) is 13.5. The predicted octanol–water partition coefficient (Wildman–Crippen LogP) is 4.79. The summed E-state index contributed by atoms with van der Waals surface area (Å²) in [5.41, 5.74) is 4.30. The molecule has 1 fully saturated rings. The van der Waals surface area contributed by atoms with Gasteiger partial charge < -0.3 is 5.32 Å². The van der Waals surface area contributed by atoms with E-state index in [1.807, 2.05) is 0 Å². The molecule has 20 heavy (non-hydrogen) atoms. The van der Waals surface area contributed by atoms with Gasteiger partial charge in [0.2, 0.25) is 0 Å². The van der Waals surface area contributed by atoms with Gasteiger partial charge in [-0.15, -0.1) is 0 Å². The lowest BCUT2D eigenvalue weighted by Crippen LogP contribution is -2.33. The van der Waals surface area contributed by atoms with E-state index in [1.165, 1.54) is 61.6 Å². The van der Waals surface area contributed by atoms with Crippen LogP contribution in [0, 0.1) is 19.8 Å². The average molecular weight is 273 g/mol. The monoisotopic (exact) mass is 273 g/mol.